The fourth-order valence-corrected chi connectivity index (χ4v) is 1.61. The molecule has 0 aromatic carbocycles. The molecule has 0 heterocycles. The molecule has 8 heavy (non-hydrogen) atoms. The highest BCUT2D eigenvalue weighted by Gasteiger charge is 2.09. The van der Waals surface area contributed by atoms with Crippen molar-refractivity contribution < 1.29 is 4.39 Å². The minimum atomic E-state index is -0.949. The summed E-state index contributed by atoms with van der Waals surface area (Å²) in [5, 5.41) is 0. The van der Waals surface area contributed by atoms with Gasteiger partial charge in [-0.25, -0.2) is 0 Å². The van der Waals surface area contributed by atoms with Crippen molar-refractivity contribution in [2.45, 2.75) is 38.7 Å². The Balaban J connectivity index is 3.17. The first-order valence-corrected chi connectivity index (χ1v) is 6.30. The molecule has 1 atom stereocenters. The van der Waals surface area contributed by atoms with Gasteiger partial charge >= 0.3 is 0 Å². The van der Waals surface area contributed by atoms with Gasteiger partial charge in [-0.05, 0) is 6.42 Å². The van der Waals surface area contributed by atoms with Crippen molar-refractivity contribution in [3.63, 3.8) is 0 Å². The molecule has 0 aliphatic rings. The summed E-state index contributed by atoms with van der Waals surface area (Å²) in [5.41, 5.74) is 0. The van der Waals surface area contributed by atoms with E-state index >= 15 is 0 Å². The zero-order valence-electron chi connectivity index (χ0n) is 5.95. The number of hydrogen-bond donors (Lipinski definition) is 0. The smallest absolute Gasteiger partial charge is 0.0861 e. The first kappa shape index (κ1) is 8.15. The zero-order chi connectivity index (χ0) is 6.57. The molecule has 0 spiro atoms. The van der Waals surface area contributed by atoms with Crippen LogP contribution in [0.25, 0.3) is 0 Å². The highest BCUT2D eigenvalue weighted by Crippen LogP contribution is 2.04. The van der Waals surface area contributed by atoms with Gasteiger partial charge < -0.3 is 0 Å². The van der Waals surface area contributed by atoms with E-state index < -0.39 is 14.6 Å². The fourth-order valence-electron chi connectivity index (χ4n) is 0.609. The Morgan fingerprint density at radius 3 is 2.12 bits per heavy atom. The summed E-state index contributed by atoms with van der Waals surface area (Å²) in [6, 6.07) is 0. The molecule has 0 fully saturated rings. The quantitative estimate of drug-likeness (QED) is 0.519. The Bertz CT molecular complexity index is 54.5. The van der Waals surface area contributed by atoms with E-state index in [-0.39, 0.29) is 0 Å². The molecule has 0 amide bonds. The maximum absolute atomic E-state index is 12.6. The first-order valence-electron chi connectivity index (χ1n) is 3.32. The Labute approximate surface area is 52.7 Å². The molecule has 0 rings (SSSR count). The van der Waals surface area contributed by atoms with Crippen molar-refractivity contribution in [3.05, 3.63) is 0 Å². The van der Waals surface area contributed by atoms with Gasteiger partial charge in [-0.3, -0.25) is 4.39 Å². The highest BCUT2D eigenvalue weighted by molar-refractivity contribution is 6.57. The maximum Gasteiger partial charge on any atom is 0.0861 e. The van der Waals surface area contributed by atoms with Gasteiger partial charge in [0, 0.05) is 0 Å². The topological polar surface area (TPSA) is 0 Å². The Morgan fingerprint density at radius 2 is 2.00 bits per heavy atom. The van der Waals surface area contributed by atoms with E-state index in [0.29, 0.717) is 0 Å². The van der Waals surface area contributed by atoms with Gasteiger partial charge in [0.2, 0.25) is 0 Å². The Kier molecular flexibility index (Phi) is 4.14. The molecule has 50 valence electrons. The maximum atomic E-state index is 12.6. The van der Waals surface area contributed by atoms with Gasteiger partial charge in [-0.1, -0.05) is 26.4 Å². The lowest BCUT2D eigenvalue weighted by atomic mass is 10.4. The summed E-state index contributed by atoms with van der Waals surface area (Å²) in [6.45, 7) is 6.14. The van der Waals surface area contributed by atoms with Gasteiger partial charge in [0.1, 0.15) is 0 Å². The van der Waals surface area contributed by atoms with E-state index in [1.807, 2.05) is 6.92 Å². The molecule has 0 N–H and O–H groups in total. The molecule has 0 radical (unpaired) electrons. The molecule has 0 saturated carbocycles. The average molecular weight is 134 g/mol. The van der Waals surface area contributed by atoms with Crippen LogP contribution < -0.4 is 0 Å². The summed E-state index contributed by atoms with van der Waals surface area (Å²) >= 11 is 0. The van der Waals surface area contributed by atoms with E-state index in [1.165, 1.54) is 0 Å². The van der Waals surface area contributed by atoms with E-state index in [4.69, 9.17) is 0 Å². The van der Waals surface area contributed by atoms with Crippen LogP contribution in [0.15, 0.2) is 0 Å². The van der Waals surface area contributed by atoms with Crippen molar-refractivity contribution in [3.8, 4) is 0 Å². The Morgan fingerprint density at radius 1 is 1.50 bits per heavy atom. The van der Waals surface area contributed by atoms with Gasteiger partial charge in [0.25, 0.3) is 0 Å². The minimum absolute atomic E-state index is 0.444. The van der Waals surface area contributed by atoms with Crippen LogP contribution in [0.5, 0.6) is 0 Å². The molecule has 0 aromatic rings. The summed E-state index contributed by atoms with van der Waals surface area (Å²) in [6.07, 6.45) is 1.77. The molecule has 0 aromatic heterocycles. The lowest BCUT2D eigenvalue weighted by Crippen LogP contribution is -2.18. The molecule has 1 unspecified atom stereocenters. The second kappa shape index (κ2) is 4.07. The van der Waals surface area contributed by atoms with Crippen LogP contribution in [0, 0.1) is 0 Å². The van der Waals surface area contributed by atoms with Crippen LogP contribution in [-0.2, 0) is 0 Å². The predicted octanol–water partition coefficient (Wildman–Crippen LogP) is 2.15. The summed E-state index contributed by atoms with van der Waals surface area (Å²) in [7, 11) is -0.949. The standard InChI is InChI=1S/C6H15FSi/c1-4-5-6(7)8(2)3/h6,8H,4-5H2,1-3H3. The lowest BCUT2D eigenvalue weighted by Gasteiger charge is -2.07. The van der Waals surface area contributed by atoms with Crippen molar-refractivity contribution in [1.82, 2.24) is 0 Å². The fraction of sp³-hybridized carbons (Fsp3) is 1.00. The molecular formula is C6H15FSi. The molecular weight excluding hydrogens is 119 g/mol. The zero-order valence-corrected chi connectivity index (χ0v) is 7.10. The van der Waals surface area contributed by atoms with E-state index in [0.717, 1.165) is 12.8 Å². The Hall–Kier alpha value is 0.147. The van der Waals surface area contributed by atoms with Crippen molar-refractivity contribution >= 4 is 8.80 Å². The number of hydrogen-bond acceptors (Lipinski definition) is 0. The molecule has 0 bridgehead atoms. The van der Waals surface area contributed by atoms with Crippen LogP contribution in [0.4, 0.5) is 4.39 Å². The van der Waals surface area contributed by atoms with Gasteiger partial charge in [0.15, 0.2) is 0 Å². The molecule has 0 saturated heterocycles. The summed E-state index contributed by atoms with van der Waals surface area (Å²) in [4.78, 5) is 0. The second-order valence-electron chi connectivity index (χ2n) is 2.55. The van der Waals surface area contributed by atoms with Crippen molar-refractivity contribution in [2.75, 3.05) is 0 Å². The highest BCUT2D eigenvalue weighted by atomic mass is 28.3. The SMILES string of the molecule is CCCC(F)[SiH](C)C. The minimum Gasteiger partial charge on any atom is -0.252 e. The molecule has 2 heteroatoms. The molecule has 0 aliphatic carbocycles. The third-order valence-corrected chi connectivity index (χ3v) is 3.07. The van der Waals surface area contributed by atoms with Gasteiger partial charge in [-0.2, -0.15) is 0 Å². The monoisotopic (exact) mass is 134 g/mol. The summed E-state index contributed by atoms with van der Waals surface area (Å²) < 4.78 is 12.6. The average Bonchev–Trinajstić information content (AvgIpc) is 1.67. The van der Waals surface area contributed by atoms with Crippen LogP contribution >= 0.6 is 0 Å². The molecule has 0 nitrogen and oxygen atoms in total. The van der Waals surface area contributed by atoms with E-state index in [2.05, 4.69) is 13.1 Å². The largest absolute Gasteiger partial charge is 0.252 e. The van der Waals surface area contributed by atoms with Crippen LogP contribution in [0.2, 0.25) is 13.1 Å². The lowest BCUT2D eigenvalue weighted by molar-refractivity contribution is 0.407. The van der Waals surface area contributed by atoms with Gasteiger partial charge in [-0.15, -0.1) is 0 Å². The molecule has 0 aliphatic heterocycles. The van der Waals surface area contributed by atoms with Crippen LogP contribution in [0.1, 0.15) is 19.8 Å². The van der Waals surface area contributed by atoms with Crippen molar-refractivity contribution in [1.29, 1.82) is 0 Å². The normalized spacial score (nSPS) is 14.6. The van der Waals surface area contributed by atoms with E-state index in [9.17, 15) is 4.39 Å². The first-order chi connectivity index (χ1) is 3.68. The number of halogens is 1. The van der Waals surface area contributed by atoms with Gasteiger partial charge in [0.05, 0.1) is 14.6 Å². The van der Waals surface area contributed by atoms with Crippen LogP contribution in [-0.4, -0.2) is 14.6 Å². The third kappa shape index (κ3) is 3.19. The van der Waals surface area contributed by atoms with Crippen LogP contribution in [0.3, 0.4) is 0 Å². The predicted molar refractivity (Wildman–Crippen MR) is 38.7 cm³/mol. The number of alkyl halides is 1. The van der Waals surface area contributed by atoms with Crippen molar-refractivity contribution in [2.24, 2.45) is 0 Å². The third-order valence-electron chi connectivity index (χ3n) is 1.29. The van der Waals surface area contributed by atoms with E-state index in [1.54, 1.807) is 0 Å². The number of rotatable bonds is 3. The summed E-state index contributed by atoms with van der Waals surface area (Å²) in [5.74, 6) is -0.444. The second-order valence-corrected chi connectivity index (χ2v) is 5.76.